The van der Waals surface area contributed by atoms with Gasteiger partial charge in [-0.3, -0.25) is 4.99 Å². The summed E-state index contributed by atoms with van der Waals surface area (Å²) in [5.74, 6) is 2.62. The zero-order chi connectivity index (χ0) is 16.2. The van der Waals surface area contributed by atoms with E-state index in [9.17, 15) is 0 Å². The Morgan fingerprint density at radius 1 is 1.00 bits per heavy atom. The third kappa shape index (κ3) is 3.99. The molecule has 0 heterocycles. The van der Waals surface area contributed by atoms with Crippen molar-refractivity contribution in [3.63, 3.8) is 0 Å². The number of rotatable bonds is 6. The molecule has 0 aromatic heterocycles. The molecule has 0 saturated carbocycles. The van der Waals surface area contributed by atoms with Gasteiger partial charge in [0.05, 0.1) is 20.3 Å². The van der Waals surface area contributed by atoms with E-state index in [4.69, 9.17) is 14.5 Å². The van der Waals surface area contributed by atoms with Crippen LogP contribution in [0.5, 0.6) is 11.5 Å². The quantitative estimate of drug-likeness (QED) is 0.726. The molecule has 118 valence electrons. The fourth-order valence-electron chi connectivity index (χ4n) is 2.82. The molecule has 0 aliphatic heterocycles. The van der Waals surface area contributed by atoms with Crippen molar-refractivity contribution in [1.29, 1.82) is 0 Å². The number of benzene rings is 1. The van der Waals surface area contributed by atoms with Gasteiger partial charge >= 0.3 is 0 Å². The van der Waals surface area contributed by atoms with Crippen molar-refractivity contribution >= 4 is 6.21 Å². The molecule has 0 atom stereocenters. The van der Waals surface area contributed by atoms with Crippen LogP contribution in [-0.2, 0) is 0 Å². The van der Waals surface area contributed by atoms with Gasteiger partial charge in [0, 0.05) is 17.3 Å². The van der Waals surface area contributed by atoms with E-state index in [1.54, 1.807) is 14.2 Å². The molecule has 0 bridgehead atoms. The lowest BCUT2D eigenvalue weighted by atomic mass is 9.93. The molecule has 0 amide bonds. The lowest BCUT2D eigenvalue weighted by Crippen LogP contribution is -2.20. The Morgan fingerprint density at radius 2 is 1.57 bits per heavy atom. The summed E-state index contributed by atoms with van der Waals surface area (Å²) in [6.07, 6.45) is 2.00. The van der Waals surface area contributed by atoms with Crippen LogP contribution in [0.15, 0.2) is 11.1 Å². The van der Waals surface area contributed by atoms with Gasteiger partial charge in [0.2, 0.25) is 0 Å². The van der Waals surface area contributed by atoms with E-state index in [1.165, 1.54) is 0 Å². The summed E-state index contributed by atoms with van der Waals surface area (Å²) in [5, 5.41) is 0. The van der Waals surface area contributed by atoms with E-state index in [0.29, 0.717) is 17.9 Å². The van der Waals surface area contributed by atoms with Gasteiger partial charge in [0.25, 0.3) is 0 Å². The van der Waals surface area contributed by atoms with Gasteiger partial charge in [-0.05, 0) is 37.3 Å². The van der Waals surface area contributed by atoms with Gasteiger partial charge in [-0.15, -0.1) is 0 Å². The minimum Gasteiger partial charge on any atom is -0.493 e. The molecule has 0 saturated heterocycles. The predicted octanol–water partition coefficient (Wildman–Crippen LogP) is 4.42. The second-order valence-electron chi connectivity index (χ2n) is 6.22. The van der Waals surface area contributed by atoms with Crippen molar-refractivity contribution in [2.75, 3.05) is 14.2 Å². The molecule has 3 heteroatoms. The van der Waals surface area contributed by atoms with Crippen LogP contribution in [0, 0.1) is 25.7 Å². The Kier molecular flexibility index (Phi) is 6.25. The van der Waals surface area contributed by atoms with Crippen LogP contribution in [0.1, 0.15) is 44.4 Å². The molecular formula is C18H29NO2. The summed E-state index contributed by atoms with van der Waals surface area (Å²) in [5.41, 5.74) is 3.35. The monoisotopic (exact) mass is 291 g/mol. The molecule has 0 N–H and O–H groups in total. The second kappa shape index (κ2) is 7.48. The second-order valence-corrected chi connectivity index (χ2v) is 6.22. The molecule has 3 nitrogen and oxygen atoms in total. The van der Waals surface area contributed by atoms with Crippen molar-refractivity contribution in [3.05, 3.63) is 22.8 Å². The number of aliphatic imine (C=N–C) groups is 1. The number of ether oxygens (including phenoxy) is 2. The molecule has 0 aliphatic rings. The maximum atomic E-state index is 5.48. The Labute approximate surface area is 129 Å². The van der Waals surface area contributed by atoms with Gasteiger partial charge in [-0.2, -0.15) is 0 Å². The average molecular weight is 291 g/mol. The van der Waals surface area contributed by atoms with E-state index >= 15 is 0 Å². The largest absolute Gasteiger partial charge is 0.493 e. The normalized spacial score (nSPS) is 12.0. The summed E-state index contributed by atoms with van der Waals surface area (Å²) in [6, 6.07) is 2.34. The number of aryl methyl sites for hydroxylation is 1. The number of hydrogen-bond acceptors (Lipinski definition) is 3. The zero-order valence-corrected chi connectivity index (χ0v) is 14.7. The number of nitrogens with zero attached hydrogens (tertiary/aromatic N) is 1. The first kappa shape index (κ1) is 17.5. The van der Waals surface area contributed by atoms with Crippen LogP contribution < -0.4 is 9.47 Å². The molecule has 1 aromatic carbocycles. The van der Waals surface area contributed by atoms with Gasteiger partial charge in [-0.1, -0.05) is 27.7 Å². The summed E-state index contributed by atoms with van der Waals surface area (Å²) in [4.78, 5) is 4.82. The third-order valence-electron chi connectivity index (χ3n) is 3.91. The molecule has 0 spiro atoms. The van der Waals surface area contributed by atoms with E-state index in [2.05, 4.69) is 41.5 Å². The number of methoxy groups -OCH3 is 2. The standard InChI is InChI=1S/C18H29NO2/c1-11(2)17(12(3)4)19-10-15-13(5)9-16(20-7)18(21-8)14(15)6/h9-12,17H,1-8H3. The summed E-state index contributed by atoms with van der Waals surface area (Å²) >= 11 is 0. The van der Waals surface area contributed by atoms with Crippen molar-refractivity contribution < 1.29 is 9.47 Å². The number of hydrogen-bond donors (Lipinski definition) is 0. The Balaban J connectivity index is 3.25. The Hall–Kier alpha value is -1.51. The van der Waals surface area contributed by atoms with E-state index < -0.39 is 0 Å². The lowest BCUT2D eigenvalue weighted by Gasteiger charge is -2.21. The molecule has 0 unspecified atom stereocenters. The maximum Gasteiger partial charge on any atom is 0.164 e. The highest BCUT2D eigenvalue weighted by Crippen LogP contribution is 2.34. The van der Waals surface area contributed by atoms with Crippen LogP contribution >= 0.6 is 0 Å². The molecule has 1 aromatic rings. The first-order valence-electron chi connectivity index (χ1n) is 7.58. The van der Waals surface area contributed by atoms with Crippen LogP contribution in [0.25, 0.3) is 0 Å². The molecule has 0 aliphatic carbocycles. The summed E-state index contributed by atoms with van der Waals surface area (Å²) in [7, 11) is 3.34. The van der Waals surface area contributed by atoms with Crippen molar-refractivity contribution in [2.24, 2.45) is 16.8 Å². The van der Waals surface area contributed by atoms with Crippen LogP contribution in [0.3, 0.4) is 0 Å². The highest BCUT2D eigenvalue weighted by molar-refractivity contribution is 5.86. The maximum absolute atomic E-state index is 5.48. The third-order valence-corrected chi connectivity index (χ3v) is 3.91. The van der Waals surface area contributed by atoms with Gasteiger partial charge in [-0.25, -0.2) is 0 Å². The summed E-state index contributed by atoms with van der Waals surface area (Å²) < 4.78 is 10.9. The average Bonchev–Trinajstić information content (AvgIpc) is 2.40. The summed E-state index contributed by atoms with van der Waals surface area (Å²) in [6.45, 7) is 13.0. The molecule has 0 radical (unpaired) electrons. The first-order chi connectivity index (χ1) is 9.83. The van der Waals surface area contributed by atoms with Crippen molar-refractivity contribution in [3.8, 4) is 11.5 Å². The van der Waals surface area contributed by atoms with Crippen LogP contribution in [0.4, 0.5) is 0 Å². The molecule has 1 rings (SSSR count). The van der Waals surface area contributed by atoms with Crippen LogP contribution in [-0.4, -0.2) is 26.5 Å². The lowest BCUT2D eigenvalue weighted by molar-refractivity contribution is 0.352. The van der Waals surface area contributed by atoms with Crippen molar-refractivity contribution in [2.45, 2.75) is 47.6 Å². The van der Waals surface area contributed by atoms with E-state index in [0.717, 1.165) is 28.2 Å². The predicted molar refractivity (Wildman–Crippen MR) is 90.1 cm³/mol. The molecule has 0 fully saturated rings. The van der Waals surface area contributed by atoms with E-state index in [-0.39, 0.29) is 0 Å². The SMILES string of the molecule is COc1cc(C)c(C=NC(C(C)C)C(C)C)c(C)c1OC. The van der Waals surface area contributed by atoms with E-state index in [1.807, 2.05) is 12.3 Å². The highest BCUT2D eigenvalue weighted by atomic mass is 16.5. The smallest absolute Gasteiger partial charge is 0.164 e. The van der Waals surface area contributed by atoms with Gasteiger partial charge < -0.3 is 9.47 Å². The fourth-order valence-corrected chi connectivity index (χ4v) is 2.82. The Bertz CT molecular complexity index is 496. The minimum absolute atomic E-state index is 0.330. The fraction of sp³-hybridized carbons (Fsp3) is 0.611. The zero-order valence-electron chi connectivity index (χ0n) is 14.7. The van der Waals surface area contributed by atoms with Gasteiger partial charge in [0.15, 0.2) is 11.5 Å². The molecule has 21 heavy (non-hydrogen) atoms. The molecular weight excluding hydrogens is 262 g/mol. The Morgan fingerprint density at radius 3 is 2.00 bits per heavy atom. The van der Waals surface area contributed by atoms with Crippen molar-refractivity contribution in [1.82, 2.24) is 0 Å². The highest BCUT2D eigenvalue weighted by Gasteiger charge is 2.17. The topological polar surface area (TPSA) is 30.8 Å². The minimum atomic E-state index is 0.330. The van der Waals surface area contributed by atoms with Gasteiger partial charge in [0.1, 0.15) is 0 Å². The van der Waals surface area contributed by atoms with Crippen LogP contribution in [0.2, 0.25) is 0 Å². The first-order valence-corrected chi connectivity index (χ1v) is 7.58.